The highest BCUT2D eigenvalue weighted by Gasteiger charge is 2.25. The van der Waals surface area contributed by atoms with E-state index < -0.39 is 0 Å². The van der Waals surface area contributed by atoms with E-state index in [2.05, 4.69) is 50.9 Å². The van der Waals surface area contributed by atoms with Crippen LogP contribution in [0.15, 0.2) is 11.4 Å². The summed E-state index contributed by atoms with van der Waals surface area (Å²) in [6, 6.07) is 2.90. The van der Waals surface area contributed by atoms with Crippen LogP contribution in [0.5, 0.6) is 0 Å². The van der Waals surface area contributed by atoms with Gasteiger partial charge in [0.25, 0.3) is 0 Å². The number of nitrogens with zero attached hydrogens (tertiary/aromatic N) is 3. The van der Waals surface area contributed by atoms with Gasteiger partial charge in [-0.3, -0.25) is 0 Å². The molecule has 114 valence electrons. The number of aromatic nitrogens is 2. The Balaban J connectivity index is 1.67. The smallest absolute Gasteiger partial charge is 0.226 e. The summed E-state index contributed by atoms with van der Waals surface area (Å²) in [6.45, 7) is 5.02. The average molecular weight is 305 g/mol. The van der Waals surface area contributed by atoms with Crippen LogP contribution in [0.1, 0.15) is 26.2 Å². The maximum Gasteiger partial charge on any atom is 0.226 e. The molecule has 0 amide bonds. The molecule has 2 aromatic heterocycles. The molecular weight excluding hydrogens is 282 g/mol. The number of anilines is 2. The van der Waals surface area contributed by atoms with Crippen LogP contribution in [0.4, 0.5) is 11.8 Å². The summed E-state index contributed by atoms with van der Waals surface area (Å²) < 4.78 is 0. The first-order valence-corrected chi connectivity index (χ1v) is 8.59. The van der Waals surface area contributed by atoms with Gasteiger partial charge in [0.1, 0.15) is 10.6 Å². The van der Waals surface area contributed by atoms with Gasteiger partial charge >= 0.3 is 0 Å². The molecule has 1 aliphatic carbocycles. The van der Waals surface area contributed by atoms with Crippen LogP contribution in [-0.2, 0) is 0 Å². The average Bonchev–Trinajstić information content (AvgIpc) is 3.23. The van der Waals surface area contributed by atoms with E-state index in [1.807, 2.05) is 0 Å². The van der Waals surface area contributed by atoms with E-state index in [4.69, 9.17) is 0 Å². The molecule has 0 aromatic carbocycles. The Bertz CT molecular complexity index is 593. The molecule has 0 radical (unpaired) electrons. The molecule has 0 atom stereocenters. The Morgan fingerprint density at radius 1 is 1.29 bits per heavy atom. The fourth-order valence-corrected chi connectivity index (χ4v) is 3.12. The van der Waals surface area contributed by atoms with Gasteiger partial charge in [0.2, 0.25) is 5.95 Å². The molecule has 2 heterocycles. The Morgan fingerprint density at radius 3 is 2.90 bits per heavy atom. The van der Waals surface area contributed by atoms with Crippen LogP contribution in [0, 0.1) is 0 Å². The second-order valence-electron chi connectivity index (χ2n) is 5.60. The summed E-state index contributed by atoms with van der Waals surface area (Å²) >= 11 is 1.66. The number of fused-ring (bicyclic) bond motifs is 1. The van der Waals surface area contributed by atoms with Gasteiger partial charge in [-0.15, -0.1) is 11.3 Å². The van der Waals surface area contributed by atoms with Gasteiger partial charge in [0.05, 0.1) is 5.39 Å². The first kappa shape index (κ1) is 14.5. The molecule has 2 aromatic rings. The normalized spacial score (nSPS) is 14.8. The minimum Gasteiger partial charge on any atom is -0.368 e. The molecule has 0 bridgehead atoms. The van der Waals surface area contributed by atoms with Crippen molar-refractivity contribution in [2.75, 3.05) is 37.3 Å². The zero-order chi connectivity index (χ0) is 14.7. The molecule has 2 N–H and O–H groups in total. The molecule has 0 saturated heterocycles. The lowest BCUT2D eigenvalue weighted by molar-refractivity contribution is 0.337. The topological polar surface area (TPSA) is 53.1 Å². The summed E-state index contributed by atoms with van der Waals surface area (Å²) in [5.74, 6) is 1.67. The van der Waals surface area contributed by atoms with Gasteiger partial charge in [-0.25, -0.2) is 4.98 Å². The van der Waals surface area contributed by atoms with Gasteiger partial charge < -0.3 is 15.5 Å². The molecule has 0 aliphatic heterocycles. The van der Waals surface area contributed by atoms with E-state index in [1.54, 1.807) is 11.3 Å². The van der Waals surface area contributed by atoms with Crippen LogP contribution in [-0.4, -0.2) is 47.6 Å². The number of hydrogen-bond acceptors (Lipinski definition) is 6. The van der Waals surface area contributed by atoms with Gasteiger partial charge in [-0.2, -0.15) is 4.98 Å². The van der Waals surface area contributed by atoms with Gasteiger partial charge in [0.15, 0.2) is 0 Å². The van der Waals surface area contributed by atoms with Crippen LogP contribution < -0.4 is 10.6 Å². The molecular formula is C15H23N5S. The second kappa shape index (κ2) is 6.58. The third-order valence-corrected chi connectivity index (χ3v) is 4.59. The lowest BCUT2D eigenvalue weighted by Crippen LogP contribution is -2.27. The Kier molecular flexibility index (Phi) is 4.55. The van der Waals surface area contributed by atoms with Crippen molar-refractivity contribution in [1.82, 2.24) is 14.9 Å². The minimum absolute atomic E-state index is 0.727. The zero-order valence-corrected chi connectivity index (χ0v) is 13.5. The number of likely N-dealkylation sites (N-methyl/N-ethyl adjacent to an activating group) is 1. The molecule has 5 nitrogen and oxygen atoms in total. The molecule has 3 rings (SSSR count). The molecule has 6 heteroatoms. The van der Waals surface area contributed by atoms with Crippen molar-refractivity contribution in [3.8, 4) is 0 Å². The molecule has 21 heavy (non-hydrogen) atoms. The standard InChI is InChI=1S/C15H23N5S/c1-3-7-17-15-18-13(12-6-10-21-14(12)19-15)16-8-9-20(2)11-4-5-11/h6,10-11H,3-5,7-9H2,1-2H3,(H2,16,17,18,19). The number of nitrogens with one attached hydrogen (secondary N) is 2. The maximum atomic E-state index is 4.62. The zero-order valence-electron chi connectivity index (χ0n) is 12.7. The van der Waals surface area contributed by atoms with Crippen molar-refractivity contribution in [3.05, 3.63) is 11.4 Å². The molecule has 1 saturated carbocycles. The van der Waals surface area contributed by atoms with E-state index in [-0.39, 0.29) is 0 Å². The Morgan fingerprint density at radius 2 is 2.14 bits per heavy atom. The van der Waals surface area contributed by atoms with E-state index in [0.717, 1.165) is 54.1 Å². The highest BCUT2D eigenvalue weighted by Crippen LogP contribution is 2.27. The number of thiophene rings is 1. The molecule has 0 unspecified atom stereocenters. The first-order valence-electron chi connectivity index (χ1n) is 7.71. The molecule has 0 spiro atoms. The molecule has 1 fully saturated rings. The second-order valence-corrected chi connectivity index (χ2v) is 6.50. The summed E-state index contributed by atoms with van der Waals surface area (Å²) in [4.78, 5) is 12.7. The summed E-state index contributed by atoms with van der Waals surface area (Å²) in [7, 11) is 2.20. The third kappa shape index (κ3) is 3.63. The highest BCUT2D eigenvalue weighted by atomic mass is 32.1. The Hall–Kier alpha value is -1.40. The third-order valence-electron chi connectivity index (χ3n) is 3.79. The van der Waals surface area contributed by atoms with E-state index in [9.17, 15) is 0 Å². The summed E-state index contributed by atoms with van der Waals surface area (Å²) in [5, 5.41) is 9.95. The molecule has 1 aliphatic rings. The predicted octanol–water partition coefficient (Wildman–Crippen LogP) is 3.02. The van der Waals surface area contributed by atoms with Crippen molar-refractivity contribution >= 4 is 33.3 Å². The first-order chi connectivity index (χ1) is 10.3. The van der Waals surface area contributed by atoms with Crippen molar-refractivity contribution in [2.24, 2.45) is 0 Å². The van der Waals surface area contributed by atoms with Crippen molar-refractivity contribution in [1.29, 1.82) is 0 Å². The van der Waals surface area contributed by atoms with Crippen molar-refractivity contribution in [3.63, 3.8) is 0 Å². The van der Waals surface area contributed by atoms with Gasteiger partial charge in [0, 0.05) is 25.7 Å². The van der Waals surface area contributed by atoms with Gasteiger partial charge in [-0.05, 0) is 37.8 Å². The number of hydrogen-bond donors (Lipinski definition) is 2. The van der Waals surface area contributed by atoms with Crippen LogP contribution >= 0.6 is 11.3 Å². The fraction of sp³-hybridized carbons (Fsp3) is 0.600. The van der Waals surface area contributed by atoms with E-state index in [0.29, 0.717) is 0 Å². The fourth-order valence-electron chi connectivity index (χ4n) is 2.35. The van der Waals surface area contributed by atoms with E-state index >= 15 is 0 Å². The van der Waals surface area contributed by atoms with Crippen molar-refractivity contribution < 1.29 is 0 Å². The summed E-state index contributed by atoms with van der Waals surface area (Å²) in [6.07, 6.45) is 3.77. The van der Waals surface area contributed by atoms with E-state index in [1.165, 1.54) is 12.8 Å². The predicted molar refractivity (Wildman–Crippen MR) is 90.3 cm³/mol. The SMILES string of the molecule is CCCNc1nc(NCCN(C)C2CC2)c2ccsc2n1. The summed E-state index contributed by atoms with van der Waals surface area (Å²) in [5.41, 5.74) is 0. The van der Waals surface area contributed by atoms with Crippen LogP contribution in [0.3, 0.4) is 0 Å². The quantitative estimate of drug-likeness (QED) is 0.785. The van der Waals surface area contributed by atoms with Crippen LogP contribution in [0.2, 0.25) is 0 Å². The van der Waals surface area contributed by atoms with Crippen LogP contribution in [0.25, 0.3) is 10.2 Å². The largest absolute Gasteiger partial charge is 0.368 e. The maximum absolute atomic E-state index is 4.62. The lowest BCUT2D eigenvalue weighted by Gasteiger charge is -2.16. The minimum atomic E-state index is 0.727. The Labute approximate surface area is 129 Å². The lowest BCUT2D eigenvalue weighted by atomic mass is 10.3. The van der Waals surface area contributed by atoms with Gasteiger partial charge in [-0.1, -0.05) is 6.92 Å². The highest BCUT2D eigenvalue weighted by molar-refractivity contribution is 7.16. The number of rotatable bonds is 8. The monoisotopic (exact) mass is 305 g/mol. The van der Waals surface area contributed by atoms with Crippen molar-refractivity contribution in [2.45, 2.75) is 32.2 Å².